The normalized spacial score (nSPS) is 10.4. The number of phenolic OH excluding ortho intramolecular Hbond substituents is 1. The molecule has 0 spiro atoms. The maximum Gasteiger partial charge on any atom is 0.152 e. The fourth-order valence-electron chi connectivity index (χ4n) is 0.958. The molecule has 0 saturated carbocycles. The van der Waals surface area contributed by atoms with Gasteiger partial charge in [0.05, 0.1) is 6.34 Å². The summed E-state index contributed by atoms with van der Waals surface area (Å²) in [5.74, 6) is 0.00713. The molecule has 4 nitrogen and oxygen atoms in total. The minimum absolute atomic E-state index is 0.00713. The van der Waals surface area contributed by atoms with Crippen molar-refractivity contribution >= 4 is 18.3 Å². The third kappa shape index (κ3) is 2.32. The van der Waals surface area contributed by atoms with E-state index in [1.165, 1.54) is 12.4 Å². The van der Waals surface area contributed by atoms with Crippen molar-refractivity contribution in [2.45, 2.75) is 0 Å². The molecule has 4 heteroatoms. The molecule has 0 fully saturated rings. The highest BCUT2D eigenvalue weighted by molar-refractivity contribution is 5.86. The second-order valence-corrected chi connectivity index (χ2v) is 3.04. The Labute approximate surface area is 82.5 Å². The highest BCUT2D eigenvalue weighted by Gasteiger charge is 2.04. The molecule has 1 rings (SSSR count). The summed E-state index contributed by atoms with van der Waals surface area (Å²) in [5, 5.41) is 9.44. The largest absolute Gasteiger partial charge is 0.506 e. The molecule has 74 valence electrons. The molecule has 0 aromatic heterocycles. The number of carbonyl (C=O) groups excluding carboxylic acids is 1. The molecule has 0 aliphatic heterocycles. The number of hydrogen-bond donors (Lipinski definition) is 1. The fourth-order valence-corrected chi connectivity index (χ4v) is 0.958. The number of hydrogen-bond acceptors (Lipinski definition) is 3. The van der Waals surface area contributed by atoms with Crippen LogP contribution in [0.2, 0.25) is 0 Å². The lowest BCUT2D eigenvalue weighted by Gasteiger charge is -2.04. The lowest BCUT2D eigenvalue weighted by molar-refractivity contribution is 0.112. The number of para-hydroxylation sites is 1. The zero-order valence-electron chi connectivity index (χ0n) is 8.14. The number of benzene rings is 1. The van der Waals surface area contributed by atoms with Crippen LogP contribution in [0.3, 0.4) is 0 Å². The number of aliphatic imine (C=N–C) groups is 1. The van der Waals surface area contributed by atoms with Crippen molar-refractivity contribution in [3.8, 4) is 5.75 Å². The van der Waals surface area contributed by atoms with Crippen molar-refractivity contribution in [2.75, 3.05) is 14.1 Å². The molecule has 1 aromatic rings. The van der Waals surface area contributed by atoms with E-state index in [2.05, 4.69) is 4.99 Å². The van der Waals surface area contributed by atoms with Crippen molar-refractivity contribution in [2.24, 2.45) is 4.99 Å². The first kappa shape index (κ1) is 10.2. The van der Waals surface area contributed by atoms with Crippen molar-refractivity contribution in [1.82, 2.24) is 4.90 Å². The molecule has 0 unspecified atom stereocenters. The third-order valence-electron chi connectivity index (χ3n) is 1.59. The van der Waals surface area contributed by atoms with Gasteiger partial charge < -0.3 is 10.0 Å². The summed E-state index contributed by atoms with van der Waals surface area (Å²) in [6.07, 6.45) is 2.20. The van der Waals surface area contributed by atoms with Crippen LogP contribution in [-0.2, 0) is 0 Å². The maximum absolute atomic E-state index is 10.6. The molecule has 1 N–H and O–H groups in total. The molecular weight excluding hydrogens is 180 g/mol. The van der Waals surface area contributed by atoms with E-state index < -0.39 is 0 Å². The Bertz CT molecular complexity index is 359. The molecule has 0 aliphatic rings. The molecular formula is C10H12N2O2. The number of aldehydes is 1. The van der Waals surface area contributed by atoms with Crippen molar-refractivity contribution < 1.29 is 9.90 Å². The van der Waals surface area contributed by atoms with E-state index in [0.717, 1.165) is 0 Å². The standard InChI is InChI=1S/C10H12N2O2/c1-12(2)7-11-10-8(6-13)4-3-5-9(10)14/h3-7,14H,1-2H3. The summed E-state index contributed by atoms with van der Waals surface area (Å²) in [7, 11) is 3.62. The Balaban J connectivity index is 3.11. The van der Waals surface area contributed by atoms with E-state index in [0.29, 0.717) is 17.5 Å². The minimum Gasteiger partial charge on any atom is -0.506 e. The van der Waals surface area contributed by atoms with E-state index in [-0.39, 0.29) is 5.75 Å². The van der Waals surface area contributed by atoms with Crippen LogP contribution in [0, 0.1) is 0 Å². The van der Waals surface area contributed by atoms with Crippen LogP contribution in [0.1, 0.15) is 10.4 Å². The van der Waals surface area contributed by atoms with Crippen LogP contribution >= 0.6 is 0 Å². The van der Waals surface area contributed by atoms with Crippen molar-refractivity contribution in [3.63, 3.8) is 0 Å². The summed E-state index contributed by atoms with van der Waals surface area (Å²) < 4.78 is 0. The zero-order valence-corrected chi connectivity index (χ0v) is 8.14. The van der Waals surface area contributed by atoms with Gasteiger partial charge in [-0.15, -0.1) is 0 Å². The lowest BCUT2D eigenvalue weighted by Crippen LogP contribution is -2.07. The Hall–Kier alpha value is -1.84. The summed E-state index contributed by atoms with van der Waals surface area (Å²) in [5.41, 5.74) is 0.680. The van der Waals surface area contributed by atoms with E-state index in [4.69, 9.17) is 0 Å². The quantitative estimate of drug-likeness (QED) is 0.447. The monoisotopic (exact) mass is 192 g/mol. The topological polar surface area (TPSA) is 52.9 Å². The molecule has 0 radical (unpaired) electrons. The second-order valence-electron chi connectivity index (χ2n) is 3.04. The Morgan fingerprint density at radius 1 is 1.43 bits per heavy atom. The zero-order chi connectivity index (χ0) is 10.6. The van der Waals surface area contributed by atoms with Crippen LogP contribution in [0.25, 0.3) is 0 Å². The first-order valence-corrected chi connectivity index (χ1v) is 4.13. The van der Waals surface area contributed by atoms with E-state index in [1.54, 1.807) is 17.0 Å². The summed E-state index contributed by atoms with van der Waals surface area (Å²) in [6, 6.07) is 4.71. The van der Waals surface area contributed by atoms with Crippen molar-refractivity contribution in [3.05, 3.63) is 23.8 Å². The number of rotatable bonds is 3. The van der Waals surface area contributed by atoms with Crippen LogP contribution in [0.5, 0.6) is 5.75 Å². The fraction of sp³-hybridized carbons (Fsp3) is 0.200. The molecule has 14 heavy (non-hydrogen) atoms. The van der Waals surface area contributed by atoms with Gasteiger partial charge in [0.15, 0.2) is 6.29 Å². The Kier molecular flexibility index (Phi) is 3.23. The van der Waals surface area contributed by atoms with Gasteiger partial charge >= 0.3 is 0 Å². The van der Waals surface area contributed by atoms with Gasteiger partial charge in [-0.3, -0.25) is 4.79 Å². The van der Waals surface area contributed by atoms with Gasteiger partial charge in [0.2, 0.25) is 0 Å². The average molecular weight is 192 g/mol. The lowest BCUT2D eigenvalue weighted by atomic mass is 10.2. The van der Waals surface area contributed by atoms with Crippen LogP contribution in [-0.4, -0.2) is 36.7 Å². The first-order valence-electron chi connectivity index (χ1n) is 4.13. The van der Waals surface area contributed by atoms with Crippen LogP contribution in [0.15, 0.2) is 23.2 Å². The SMILES string of the molecule is CN(C)C=Nc1c(O)cccc1C=O. The Morgan fingerprint density at radius 3 is 2.71 bits per heavy atom. The van der Waals surface area contributed by atoms with Crippen molar-refractivity contribution in [1.29, 1.82) is 0 Å². The summed E-state index contributed by atoms with van der Waals surface area (Å²) in [4.78, 5) is 16.3. The first-order chi connectivity index (χ1) is 6.65. The van der Waals surface area contributed by atoms with Crippen LogP contribution in [0.4, 0.5) is 5.69 Å². The summed E-state index contributed by atoms with van der Waals surface area (Å²) >= 11 is 0. The highest BCUT2D eigenvalue weighted by atomic mass is 16.3. The smallest absolute Gasteiger partial charge is 0.152 e. The molecule has 0 bridgehead atoms. The third-order valence-corrected chi connectivity index (χ3v) is 1.59. The predicted octanol–water partition coefficient (Wildman–Crippen LogP) is 1.43. The number of carbonyl (C=O) groups is 1. The Morgan fingerprint density at radius 2 is 2.14 bits per heavy atom. The molecule has 0 heterocycles. The van der Waals surface area contributed by atoms with Gasteiger partial charge in [-0.2, -0.15) is 0 Å². The molecule has 0 atom stereocenters. The number of aromatic hydroxyl groups is 1. The molecule has 0 amide bonds. The van der Waals surface area contributed by atoms with E-state index in [1.807, 2.05) is 14.1 Å². The van der Waals surface area contributed by atoms with E-state index >= 15 is 0 Å². The number of phenols is 1. The van der Waals surface area contributed by atoms with Gasteiger partial charge in [0.1, 0.15) is 11.4 Å². The molecule has 0 saturated heterocycles. The minimum atomic E-state index is 0.00713. The van der Waals surface area contributed by atoms with E-state index in [9.17, 15) is 9.90 Å². The van der Waals surface area contributed by atoms with Gasteiger partial charge in [-0.05, 0) is 12.1 Å². The number of nitrogens with zero attached hydrogens (tertiary/aromatic N) is 2. The predicted molar refractivity (Wildman–Crippen MR) is 55.3 cm³/mol. The van der Waals surface area contributed by atoms with Crippen LogP contribution < -0.4 is 0 Å². The van der Waals surface area contributed by atoms with Gasteiger partial charge in [-0.1, -0.05) is 6.07 Å². The molecule has 0 aliphatic carbocycles. The molecule has 1 aromatic carbocycles. The van der Waals surface area contributed by atoms with Gasteiger partial charge in [0, 0.05) is 19.7 Å². The summed E-state index contributed by atoms with van der Waals surface area (Å²) in [6.45, 7) is 0. The second kappa shape index (κ2) is 4.41. The van der Waals surface area contributed by atoms with Gasteiger partial charge in [0.25, 0.3) is 0 Å². The highest BCUT2D eigenvalue weighted by Crippen LogP contribution is 2.28. The van der Waals surface area contributed by atoms with Gasteiger partial charge in [-0.25, -0.2) is 4.99 Å². The average Bonchev–Trinajstić information content (AvgIpc) is 2.15. The maximum atomic E-state index is 10.6.